The Morgan fingerprint density at radius 2 is 1.93 bits per heavy atom. The molecule has 1 N–H and O–H groups in total. The molecule has 0 radical (unpaired) electrons. The summed E-state index contributed by atoms with van der Waals surface area (Å²) >= 11 is 0. The average Bonchev–Trinajstić information content (AvgIpc) is 2.56. The van der Waals surface area contributed by atoms with Crippen LogP contribution in [-0.4, -0.2) is 62.2 Å². The van der Waals surface area contributed by atoms with Crippen LogP contribution in [0.4, 0.5) is 0 Å². The third-order valence-corrected chi connectivity index (χ3v) is 3.78. The molecule has 0 aromatic carbocycles. The van der Waals surface area contributed by atoms with Crippen molar-refractivity contribution in [2.45, 2.75) is 19.4 Å². The quantitative estimate of drug-likeness (QED) is 0.684. The molecule has 0 spiro atoms. The number of hydrogen-bond acceptors (Lipinski definition) is 3. The van der Waals surface area contributed by atoms with Crippen molar-refractivity contribution < 1.29 is 0 Å². The molecule has 0 saturated carbocycles. The van der Waals surface area contributed by atoms with Crippen molar-refractivity contribution in [2.75, 3.05) is 46.3 Å². The molecule has 0 bridgehead atoms. The van der Waals surface area contributed by atoms with Crippen molar-refractivity contribution in [3.05, 3.63) is 0 Å². The number of hydrogen-bond donors (Lipinski definition) is 1. The van der Waals surface area contributed by atoms with E-state index in [1.807, 2.05) is 0 Å². The predicted molar refractivity (Wildman–Crippen MR) is 59.5 cm³/mol. The molecule has 0 aromatic rings. The lowest BCUT2D eigenvalue weighted by atomic mass is 10.0. The van der Waals surface area contributed by atoms with Crippen LogP contribution in [0.1, 0.15) is 13.3 Å². The third kappa shape index (κ3) is 2.47. The van der Waals surface area contributed by atoms with Crippen LogP contribution in [0.5, 0.6) is 0 Å². The summed E-state index contributed by atoms with van der Waals surface area (Å²) in [7, 11) is 2.22. The molecule has 14 heavy (non-hydrogen) atoms. The van der Waals surface area contributed by atoms with Gasteiger partial charge < -0.3 is 15.1 Å². The maximum absolute atomic E-state index is 3.53. The molecule has 2 fully saturated rings. The molecule has 2 saturated heterocycles. The van der Waals surface area contributed by atoms with Crippen LogP contribution in [0, 0.1) is 5.92 Å². The van der Waals surface area contributed by atoms with Crippen LogP contribution in [-0.2, 0) is 0 Å². The van der Waals surface area contributed by atoms with Crippen LogP contribution < -0.4 is 5.32 Å². The van der Waals surface area contributed by atoms with E-state index in [1.165, 1.54) is 45.7 Å². The highest BCUT2D eigenvalue weighted by atomic mass is 15.2. The number of nitrogens with one attached hydrogen (secondary N) is 1. The van der Waals surface area contributed by atoms with Gasteiger partial charge in [-0.1, -0.05) is 0 Å². The van der Waals surface area contributed by atoms with E-state index in [9.17, 15) is 0 Å². The van der Waals surface area contributed by atoms with Gasteiger partial charge in [-0.2, -0.15) is 0 Å². The number of likely N-dealkylation sites (N-methyl/N-ethyl adjacent to an activating group) is 1. The predicted octanol–water partition coefficient (Wildman–Crippen LogP) is 0.232. The molecule has 82 valence electrons. The molecule has 0 aromatic heterocycles. The minimum Gasteiger partial charge on any atom is -0.314 e. The van der Waals surface area contributed by atoms with E-state index >= 15 is 0 Å². The first-order valence-electron chi connectivity index (χ1n) is 5.90. The molecule has 2 rings (SSSR count). The second-order valence-electron chi connectivity index (χ2n) is 4.90. The van der Waals surface area contributed by atoms with Gasteiger partial charge in [0.15, 0.2) is 0 Å². The summed E-state index contributed by atoms with van der Waals surface area (Å²) in [6.07, 6.45) is 1.37. The van der Waals surface area contributed by atoms with Crippen molar-refractivity contribution >= 4 is 0 Å². The zero-order valence-electron chi connectivity index (χ0n) is 9.50. The van der Waals surface area contributed by atoms with Gasteiger partial charge >= 0.3 is 0 Å². The Hall–Kier alpha value is -0.120. The average molecular weight is 197 g/mol. The van der Waals surface area contributed by atoms with E-state index < -0.39 is 0 Å². The third-order valence-electron chi connectivity index (χ3n) is 3.78. The largest absolute Gasteiger partial charge is 0.314 e. The molecule has 2 aliphatic heterocycles. The molecule has 0 aliphatic carbocycles. The Bertz CT molecular complexity index is 175. The normalized spacial score (nSPS) is 36.4. The number of nitrogens with zero attached hydrogens (tertiary/aromatic N) is 2. The van der Waals surface area contributed by atoms with Crippen LogP contribution in [0.15, 0.2) is 0 Å². The smallest absolute Gasteiger partial charge is 0.0110 e. The highest BCUT2D eigenvalue weighted by molar-refractivity contribution is 4.83. The molecule has 2 aliphatic rings. The molecule has 2 atom stereocenters. The number of rotatable bonds is 2. The van der Waals surface area contributed by atoms with E-state index in [1.54, 1.807) is 0 Å². The van der Waals surface area contributed by atoms with Crippen molar-refractivity contribution in [3.8, 4) is 0 Å². The van der Waals surface area contributed by atoms with Crippen molar-refractivity contribution in [3.63, 3.8) is 0 Å². The van der Waals surface area contributed by atoms with Crippen LogP contribution in [0.3, 0.4) is 0 Å². The highest BCUT2D eigenvalue weighted by Gasteiger charge is 2.25. The van der Waals surface area contributed by atoms with E-state index in [4.69, 9.17) is 0 Å². The minimum atomic E-state index is 0.731. The Balaban J connectivity index is 1.74. The lowest BCUT2D eigenvalue weighted by molar-refractivity contribution is 0.133. The first-order valence-corrected chi connectivity index (χ1v) is 5.90. The second-order valence-corrected chi connectivity index (χ2v) is 4.90. The van der Waals surface area contributed by atoms with Crippen molar-refractivity contribution in [2.24, 2.45) is 5.92 Å². The van der Waals surface area contributed by atoms with Gasteiger partial charge in [0.1, 0.15) is 0 Å². The SMILES string of the molecule is CC1NCCC1CN1CCN(C)CC1. The molecular formula is C11H23N3. The Labute approximate surface area is 87.4 Å². The van der Waals surface area contributed by atoms with Gasteiger partial charge in [0.05, 0.1) is 0 Å². The molecule has 3 nitrogen and oxygen atoms in total. The minimum absolute atomic E-state index is 0.731. The van der Waals surface area contributed by atoms with Crippen LogP contribution in [0.25, 0.3) is 0 Å². The zero-order valence-corrected chi connectivity index (χ0v) is 9.50. The summed E-state index contributed by atoms with van der Waals surface area (Å²) in [6.45, 7) is 9.87. The lowest BCUT2D eigenvalue weighted by Gasteiger charge is -2.34. The summed E-state index contributed by atoms with van der Waals surface area (Å²) in [5.41, 5.74) is 0. The maximum atomic E-state index is 3.53. The van der Waals surface area contributed by atoms with Gasteiger partial charge in [-0.25, -0.2) is 0 Å². The Morgan fingerprint density at radius 1 is 1.21 bits per heavy atom. The zero-order chi connectivity index (χ0) is 9.97. The monoisotopic (exact) mass is 197 g/mol. The summed E-state index contributed by atoms with van der Waals surface area (Å²) in [6, 6.07) is 0.731. The highest BCUT2D eigenvalue weighted by Crippen LogP contribution is 2.17. The van der Waals surface area contributed by atoms with Gasteiger partial charge in [-0.3, -0.25) is 0 Å². The molecular weight excluding hydrogens is 174 g/mol. The fraction of sp³-hybridized carbons (Fsp3) is 1.00. The van der Waals surface area contributed by atoms with Gasteiger partial charge in [-0.15, -0.1) is 0 Å². The maximum Gasteiger partial charge on any atom is 0.0110 e. The summed E-state index contributed by atoms with van der Waals surface area (Å²) in [4.78, 5) is 5.06. The van der Waals surface area contributed by atoms with Gasteiger partial charge in [0.25, 0.3) is 0 Å². The van der Waals surface area contributed by atoms with Gasteiger partial charge in [-0.05, 0) is 32.9 Å². The summed E-state index contributed by atoms with van der Waals surface area (Å²) in [5, 5.41) is 3.53. The van der Waals surface area contributed by atoms with Crippen LogP contribution in [0.2, 0.25) is 0 Å². The Kier molecular flexibility index (Phi) is 3.42. The molecule has 3 heteroatoms. The summed E-state index contributed by atoms with van der Waals surface area (Å²) < 4.78 is 0. The summed E-state index contributed by atoms with van der Waals surface area (Å²) in [5.74, 6) is 0.887. The molecule has 0 amide bonds. The Morgan fingerprint density at radius 3 is 2.50 bits per heavy atom. The lowest BCUT2D eigenvalue weighted by Crippen LogP contribution is -2.47. The van der Waals surface area contributed by atoms with Gasteiger partial charge in [0.2, 0.25) is 0 Å². The van der Waals surface area contributed by atoms with E-state index in [0.29, 0.717) is 0 Å². The topological polar surface area (TPSA) is 18.5 Å². The molecule has 2 unspecified atom stereocenters. The van der Waals surface area contributed by atoms with Crippen molar-refractivity contribution in [1.82, 2.24) is 15.1 Å². The van der Waals surface area contributed by atoms with Gasteiger partial charge in [0, 0.05) is 38.8 Å². The van der Waals surface area contributed by atoms with E-state index in [2.05, 4.69) is 29.1 Å². The number of piperazine rings is 1. The fourth-order valence-electron chi connectivity index (χ4n) is 2.52. The van der Waals surface area contributed by atoms with Crippen molar-refractivity contribution in [1.29, 1.82) is 0 Å². The fourth-order valence-corrected chi connectivity index (χ4v) is 2.52. The van der Waals surface area contributed by atoms with Crippen LogP contribution >= 0.6 is 0 Å². The first kappa shape index (κ1) is 10.4. The van der Waals surface area contributed by atoms with E-state index in [0.717, 1.165) is 12.0 Å². The second kappa shape index (κ2) is 4.60. The molecule has 2 heterocycles. The standard InChI is InChI=1S/C11H23N3/c1-10-11(3-4-12-10)9-14-7-5-13(2)6-8-14/h10-12H,3-9H2,1-2H3. The van der Waals surface area contributed by atoms with E-state index in [-0.39, 0.29) is 0 Å². The first-order chi connectivity index (χ1) is 6.75.